The van der Waals surface area contributed by atoms with Crippen molar-refractivity contribution in [2.75, 3.05) is 0 Å². The molecule has 0 saturated carbocycles. The number of aryl methyl sites for hydroxylation is 1. The zero-order chi connectivity index (χ0) is 16.6. The standard InChI is InChI=1S/C18H12ClF3O/c1-11-9-16(12-5-7-15(19)8-6-12)23-17(11)13-3-2-4-14(10-13)18(20,21)22/h2-10H,1H3. The van der Waals surface area contributed by atoms with Crippen molar-refractivity contribution in [1.82, 2.24) is 0 Å². The van der Waals surface area contributed by atoms with Gasteiger partial charge in [-0.3, -0.25) is 0 Å². The van der Waals surface area contributed by atoms with Gasteiger partial charge in [0.25, 0.3) is 0 Å². The molecule has 0 aliphatic heterocycles. The number of hydrogen-bond acceptors (Lipinski definition) is 1. The van der Waals surface area contributed by atoms with Gasteiger partial charge in [-0.05, 0) is 55.0 Å². The molecular weight excluding hydrogens is 325 g/mol. The third-order valence-electron chi connectivity index (χ3n) is 3.50. The molecule has 0 bridgehead atoms. The molecule has 23 heavy (non-hydrogen) atoms. The Kier molecular flexibility index (Phi) is 3.94. The predicted octanol–water partition coefficient (Wildman–Crippen LogP) is 6.59. The van der Waals surface area contributed by atoms with Gasteiger partial charge in [-0.1, -0.05) is 23.7 Å². The highest BCUT2D eigenvalue weighted by atomic mass is 35.5. The lowest BCUT2D eigenvalue weighted by molar-refractivity contribution is -0.137. The number of alkyl halides is 3. The molecule has 0 N–H and O–H groups in total. The topological polar surface area (TPSA) is 13.1 Å². The molecule has 2 aromatic carbocycles. The van der Waals surface area contributed by atoms with E-state index in [1.165, 1.54) is 6.07 Å². The summed E-state index contributed by atoms with van der Waals surface area (Å²) in [5.74, 6) is 1.02. The summed E-state index contributed by atoms with van der Waals surface area (Å²) in [6, 6.07) is 14.0. The summed E-state index contributed by atoms with van der Waals surface area (Å²) in [7, 11) is 0. The minimum atomic E-state index is -4.38. The molecule has 0 amide bonds. The normalized spacial score (nSPS) is 11.7. The molecule has 0 spiro atoms. The lowest BCUT2D eigenvalue weighted by atomic mass is 10.1. The van der Waals surface area contributed by atoms with Crippen LogP contribution in [0.15, 0.2) is 59.0 Å². The molecule has 0 unspecified atom stereocenters. The van der Waals surface area contributed by atoms with E-state index in [0.29, 0.717) is 22.1 Å². The second kappa shape index (κ2) is 5.78. The van der Waals surface area contributed by atoms with E-state index < -0.39 is 11.7 Å². The van der Waals surface area contributed by atoms with E-state index in [2.05, 4.69) is 0 Å². The van der Waals surface area contributed by atoms with Gasteiger partial charge in [-0.15, -0.1) is 0 Å². The van der Waals surface area contributed by atoms with Crippen LogP contribution in [0.5, 0.6) is 0 Å². The van der Waals surface area contributed by atoms with Crippen molar-refractivity contribution in [2.24, 2.45) is 0 Å². The second-order valence-corrected chi connectivity index (χ2v) is 5.64. The summed E-state index contributed by atoms with van der Waals surface area (Å²) in [4.78, 5) is 0. The quantitative estimate of drug-likeness (QED) is 0.514. The van der Waals surface area contributed by atoms with Crippen molar-refractivity contribution in [3.8, 4) is 22.6 Å². The molecule has 0 saturated heterocycles. The first kappa shape index (κ1) is 15.7. The van der Waals surface area contributed by atoms with E-state index in [4.69, 9.17) is 16.0 Å². The molecule has 0 aliphatic carbocycles. The lowest BCUT2D eigenvalue weighted by Gasteiger charge is -2.08. The molecule has 1 aromatic heterocycles. The summed E-state index contributed by atoms with van der Waals surface area (Å²) >= 11 is 5.85. The van der Waals surface area contributed by atoms with Gasteiger partial charge in [0.15, 0.2) is 0 Å². The maximum atomic E-state index is 12.8. The Bertz CT molecular complexity index is 832. The average molecular weight is 337 g/mol. The third kappa shape index (κ3) is 3.27. The van der Waals surface area contributed by atoms with E-state index in [1.807, 2.05) is 0 Å². The van der Waals surface area contributed by atoms with Gasteiger partial charge in [-0.2, -0.15) is 13.2 Å². The zero-order valence-electron chi connectivity index (χ0n) is 12.1. The van der Waals surface area contributed by atoms with Crippen LogP contribution in [-0.4, -0.2) is 0 Å². The zero-order valence-corrected chi connectivity index (χ0v) is 12.9. The smallest absolute Gasteiger partial charge is 0.416 e. The summed E-state index contributed by atoms with van der Waals surface area (Å²) in [6.45, 7) is 1.80. The first-order valence-electron chi connectivity index (χ1n) is 6.88. The molecule has 0 aliphatic rings. The Labute approximate surface area is 136 Å². The molecule has 0 radical (unpaired) electrons. The molecule has 0 atom stereocenters. The van der Waals surface area contributed by atoms with Crippen molar-refractivity contribution in [1.29, 1.82) is 0 Å². The van der Waals surface area contributed by atoms with Gasteiger partial charge in [0.05, 0.1) is 5.56 Å². The van der Waals surface area contributed by atoms with Gasteiger partial charge in [0.2, 0.25) is 0 Å². The van der Waals surface area contributed by atoms with E-state index in [9.17, 15) is 13.2 Å². The Morgan fingerprint density at radius 2 is 1.61 bits per heavy atom. The highest BCUT2D eigenvalue weighted by molar-refractivity contribution is 6.30. The molecule has 5 heteroatoms. The SMILES string of the molecule is Cc1cc(-c2ccc(Cl)cc2)oc1-c1cccc(C(F)(F)F)c1. The molecule has 118 valence electrons. The Hall–Kier alpha value is -2.20. The summed E-state index contributed by atoms with van der Waals surface area (Å²) < 4.78 is 44.3. The summed E-state index contributed by atoms with van der Waals surface area (Å²) in [5.41, 5.74) is 1.29. The summed E-state index contributed by atoms with van der Waals surface area (Å²) in [6.07, 6.45) is -4.38. The van der Waals surface area contributed by atoms with E-state index in [0.717, 1.165) is 23.3 Å². The van der Waals surface area contributed by atoms with Crippen LogP contribution in [0, 0.1) is 6.92 Å². The van der Waals surface area contributed by atoms with Gasteiger partial charge < -0.3 is 4.42 Å². The van der Waals surface area contributed by atoms with Crippen molar-refractivity contribution in [3.63, 3.8) is 0 Å². The Balaban J connectivity index is 2.03. The maximum Gasteiger partial charge on any atom is 0.416 e. The van der Waals surface area contributed by atoms with Gasteiger partial charge in [0, 0.05) is 16.1 Å². The van der Waals surface area contributed by atoms with Crippen molar-refractivity contribution >= 4 is 11.6 Å². The van der Waals surface area contributed by atoms with Crippen molar-refractivity contribution in [2.45, 2.75) is 13.1 Å². The fourth-order valence-electron chi connectivity index (χ4n) is 2.36. The molecule has 1 heterocycles. The van der Waals surface area contributed by atoms with E-state index in [-0.39, 0.29) is 0 Å². The van der Waals surface area contributed by atoms with Crippen LogP contribution in [0.1, 0.15) is 11.1 Å². The number of halogens is 4. The summed E-state index contributed by atoms with van der Waals surface area (Å²) in [5, 5.41) is 0.607. The van der Waals surface area contributed by atoms with Crippen LogP contribution >= 0.6 is 11.6 Å². The highest BCUT2D eigenvalue weighted by Gasteiger charge is 2.30. The maximum absolute atomic E-state index is 12.8. The minimum absolute atomic E-state index is 0.400. The van der Waals surface area contributed by atoms with Crippen LogP contribution in [0.25, 0.3) is 22.6 Å². The number of benzene rings is 2. The first-order valence-corrected chi connectivity index (χ1v) is 7.26. The van der Waals surface area contributed by atoms with Crippen LogP contribution in [0.4, 0.5) is 13.2 Å². The predicted molar refractivity (Wildman–Crippen MR) is 84.3 cm³/mol. The average Bonchev–Trinajstić information content (AvgIpc) is 2.89. The number of rotatable bonds is 2. The molecule has 3 rings (SSSR count). The van der Waals surface area contributed by atoms with Crippen LogP contribution in [0.2, 0.25) is 5.02 Å². The Morgan fingerprint density at radius 3 is 2.26 bits per heavy atom. The molecule has 1 nitrogen and oxygen atoms in total. The van der Waals surface area contributed by atoms with Gasteiger partial charge >= 0.3 is 6.18 Å². The largest absolute Gasteiger partial charge is 0.456 e. The fraction of sp³-hybridized carbons (Fsp3) is 0.111. The molecular formula is C18H12ClF3O. The highest BCUT2D eigenvalue weighted by Crippen LogP contribution is 2.36. The number of furan rings is 1. The van der Waals surface area contributed by atoms with Crippen LogP contribution < -0.4 is 0 Å². The lowest BCUT2D eigenvalue weighted by Crippen LogP contribution is -2.04. The van der Waals surface area contributed by atoms with E-state index in [1.54, 1.807) is 43.3 Å². The van der Waals surface area contributed by atoms with E-state index >= 15 is 0 Å². The Morgan fingerprint density at radius 1 is 0.913 bits per heavy atom. The molecule has 0 fully saturated rings. The fourth-order valence-corrected chi connectivity index (χ4v) is 2.49. The first-order chi connectivity index (χ1) is 10.8. The minimum Gasteiger partial charge on any atom is -0.456 e. The van der Waals surface area contributed by atoms with Gasteiger partial charge in [-0.25, -0.2) is 0 Å². The monoisotopic (exact) mass is 336 g/mol. The van der Waals surface area contributed by atoms with Crippen molar-refractivity contribution < 1.29 is 17.6 Å². The third-order valence-corrected chi connectivity index (χ3v) is 3.75. The van der Waals surface area contributed by atoms with Crippen LogP contribution in [0.3, 0.4) is 0 Å². The van der Waals surface area contributed by atoms with Crippen LogP contribution in [-0.2, 0) is 6.18 Å². The second-order valence-electron chi connectivity index (χ2n) is 5.21. The number of hydrogen-bond donors (Lipinski definition) is 0. The van der Waals surface area contributed by atoms with Gasteiger partial charge in [0.1, 0.15) is 11.5 Å². The van der Waals surface area contributed by atoms with Crippen molar-refractivity contribution in [3.05, 3.63) is 70.7 Å². The molecule has 3 aromatic rings.